The minimum atomic E-state index is -0.936. The molecule has 0 spiro atoms. The molecule has 0 aliphatic rings. The summed E-state index contributed by atoms with van der Waals surface area (Å²) < 4.78 is 5.34. The molecule has 150 valence electrons. The van der Waals surface area contributed by atoms with Gasteiger partial charge in [0.15, 0.2) is 11.8 Å². The number of benzene rings is 2. The molecule has 0 fully saturated rings. The lowest BCUT2D eigenvalue weighted by Crippen LogP contribution is -2.30. The van der Waals surface area contributed by atoms with Crippen LogP contribution in [-0.2, 0) is 9.53 Å². The number of esters is 1. The van der Waals surface area contributed by atoms with Gasteiger partial charge in [0.2, 0.25) is 0 Å². The number of hydrogen-bond acceptors (Lipinski definition) is 5. The van der Waals surface area contributed by atoms with Gasteiger partial charge >= 0.3 is 5.97 Å². The van der Waals surface area contributed by atoms with Crippen molar-refractivity contribution in [1.29, 1.82) is 0 Å². The fourth-order valence-electron chi connectivity index (χ4n) is 2.85. The second-order valence-electron chi connectivity index (χ2n) is 6.84. The van der Waals surface area contributed by atoms with E-state index in [1.807, 2.05) is 54.6 Å². The van der Waals surface area contributed by atoms with E-state index < -0.39 is 12.1 Å². The first-order valence-electron chi connectivity index (χ1n) is 9.61. The Labute approximate surface area is 174 Å². The van der Waals surface area contributed by atoms with Gasteiger partial charge in [-0.25, -0.2) is 9.78 Å². The first-order valence-corrected chi connectivity index (χ1v) is 10.5. The van der Waals surface area contributed by atoms with Crippen LogP contribution < -0.4 is 5.32 Å². The molecule has 29 heavy (non-hydrogen) atoms. The third-order valence-electron chi connectivity index (χ3n) is 4.75. The van der Waals surface area contributed by atoms with Crippen molar-refractivity contribution < 1.29 is 14.3 Å². The number of para-hydroxylation sites is 1. The van der Waals surface area contributed by atoms with Gasteiger partial charge in [0.05, 0.1) is 0 Å². The van der Waals surface area contributed by atoms with Crippen molar-refractivity contribution in [3.05, 3.63) is 71.2 Å². The number of carbonyl (C=O) groups is 2. The summed E-state index contributed by atoms with van der Waals surface area (Å²) in [4.78, 5) is 29.3. The molecule has 5 nitrogen and oxygen atoms in total. The lowest BCUT2D eigenvalue weighted by Gasteiger charge is -2.18. The smallest absolute Gasteiger partial charge is 0.358 e. The molecule has 1 heterocycles. The molecule has 0 aliphatic carbocycles. The highest BCUT2D eigenvalue weighted by Gasteiger charge is 2.22. The van der Waals surface area contributed by atoms with E-state index in [2.05, 4.69) is 24.1 Å². The highest BCUT2D eigenvalue weighted by Crippen LogP contribution is 2.27. The predicted octanol–water partition coefficient (Wildman–Crippen LogP) is 5.51. The summed E-state index contributed by atoms with van der Waals surface area (Å²) in [5, 5.41) is 5.26. The molecule has 1 amide bonds. The Morgan fingerprint density at radius 2 is 1.76 bits per heavy atom. The zero-order chi connectivity index (χ0) is 20.8. The maximum absolute atomic E-state index is 12.6. The number of nitrogens with zero attached hydrogens (tertiary/aromatic N) is 1. The average molecular weight is 409 g/mol. The van der Waals surface area contributed by atoms with Crippen LogP contribution in [0.1, 0.15) is 49.2 Å². The molecule has 2 aromatic carbocycles. The van der Waals surface area contributed by atoms with E-state index in [-0.39, 0.29) is 11.6 Å². The topological polar surface area (TPSA) is 68.3 Å². The largest absolute Gasteiger partial charge is 0.448 e. The van der Waals surface area contributed by atoms with Crippen LogP contribution in [0.3, 0.4) is 0 Å². The molecular formula is C23H24N2O3S. The van der Waals surface area contributed by atoms with Gasteiger partial charge < -0.3 is 10.1 Å². The summed E-state index contributed by atoms with van der Waals surface area (Å²) in [6.07, 6.45) is 0.0275. The van der Waals surface area contributed by atoms with E-state index in [0.717, 1.165) is 28.2 Å². The Hall–Kier alpha value is -2.99. The Balaban J connectivity index is 1.65. The fraction of sp³-hybridized carbons (Fsp3) is 0.261. The Kier molecular flexibility index (Phi) is 6.77. The summed E-state index contributed by atoms with van der Waals surface area (Å²) in [6.45, 7) is 5.77. The number of amides is 1. The molecule has 1 N–H and O–H groups in total. The zero-order valence-corrected chi connectivity index (χ0v) is 17.5. The van der Waals surface area contributed by atoms with Crippen LogP contribution in [-0.4, -0.2) is 23.0 Å². The van der Waals surface area contributed by atoms with Crippen molar-refractivity contribution >= 4 is 28.9 Å². The van der Waals surface area contributed by atoms with E-state index in [1.54, 1.807) is 12.3 Å². The van der Waals surface area contributed by atoms with Gasteiger partial charge in [-0.1, -0.05) is 62.4 Å². The maximum Gasteiger partial charge on any atom is 0.358 e. The second kappa shape index (κ2) is 9.47. The van der Waals surface area contributed by atoms with Gasteiger partial charge in [-0.05, 0) is 30.9 Å². The summed E-state index contributed by atoms with van der Waals surface area (Å²) >= 11 is 1.36. The zero-order valence-electron chi connectivity index (χ0n) is 16.7. The number of nitrogens with one attached hydrogen (secondary N) is 1. The van der Waals surface area contributed by atoms with Gasteiger partial charge in [-0.2, -0.15) is 0 Å². The number of ether oxygens (including phenoxy) is 1. The van der Waals surface area contributed by atoms with Crippen molar-refractivity contribution in [2.45, 2.75) is 39.2 Å². The summed E-state index contributed by atoms with van der Waals surface area (Å²) in [5.74, 6) is -0.662. The average Bonchev–Trinajstić information content (AvgIpc) is 3.24. The van der Waals surface area contributed by atoms with E-state index in [1.165, 1.54) is 11.3 Å². The van der Waals surface area contributed by atoms with Crippen LogP contribution in [0.15, 0.2) is 60.0 Å². The van der Waals surface area contributed by atoms with Crippen LogP contribution in [0.5, 0.6) is 0 Å². The summed E-state index contributed by atoms with van der Waals surface area (Å²) in [5.41, 5.74) is 2.95. The van der Waals surface area contributed by atoms with Crippen LogP contribution in [0.25, 0.3) is 10.6 Å². The van der Waals surface area contributed by atoms with Gasteiger partial charge in [0.25, 0.3) is 5.91 Å². The molecule has 0 bridgehead atoms. The Bertz CT molecular complexity index is 985. The monoisotopic (exact) mass is 408 g/mol. The summed E-state index contributed by atoms with van der Waals surface area (Å²) in [6, 6.07) is 17.3. The fourth-order valence-corrected chi connectivity index (χ4v) is 3.65. The predicted molar refractivity (Wildman–Crippen MR) is 116 cm³/mol. The number of rotatable bonds is 7. The minimum Gasteiger partial charge on any atom is -0.448 e. The molecule has 1 aromatic heterocycles. The van der Waals surface area contributed by atoms with Crippen LogP contribution in [0, 0.1) is 0 Å². The maximum atomic E-state index is 12.6. The molecule has 0 radical (unpaired) electrons. The van der Waals surface area contributed by atoms with Crippen molar-refractivity contribution in [3.63, 3.8) is 0 Å². The van der Waals surface area contributed by atoms with E-state index in [0.29, 0.717) is 5.92 Å². The number of aromatic nitrogens is 1. The normalized spacial score (nSPS) is 12.8. The third kappa shape index (κ3) is 5.09. The lowest BCUT2D eigenvalue weighted by atomic mass is 9.97. The van der Waals surface area contributed by atoms with Gasteiger partial charge in [0, 0.05) is 16.6 Å². The first-order chi connectivity index (χ1) is 14.0. The van der Waals surface area contributed by atoms with E-state index in [4.69, 9.17) is 4.74 Å². The Morgan fingerprint density at radius 3 is 2.48 bits per heavy atom. The molecule has 3 aromatic rings. The van der Waals surface area contributed by atoms with E-state index >= 15 is 0 Å². The summed E-state index contributed by atoms with van der Waals surface area (Å²) in [7, 11) is 0. The van der Waals surface area contributed by atoms with Crippen molar-refractivity contribution in [1.82, 2.24) is 4.98 Å². The van der Waals surface area contributed by atoms with Gasteiger partial charge in [0.1, 0.15) is 5.01 Å². The number of carbonyl (C=O) groups excluding carboxylic acids is 2. The van der Waals surface area contributed by atoms with Crippen LogP contribution in [0.2, 0.25) is 0 Å². The van der Waals surface area contributed by atoms with Crippen molar-refractivity contribution in [2.24, 2.45) is 0 Å². The molecule has 0 unspecified atom stereocenters. The van der Waals surface area contributed by atoms with Gasteiger partial charge in [-0.15, -0.1) is 11.3 Å². The molecule has 0 saturated heterocycles. The van der Waals surface area contributed by atoms with Crippen LogP contribution >= 0.6 is 11.3 Å². The standard InChI is InChI=1S/C23H24N2O3S/c1-4-15(2)18-12-8-9-13-19(18)24-21(26)16(3)28-23(27)20-14-29-22(25-20)17-10-6-5-7-11-17/h5-16H,4H2,1-3H3,(H,24,26)/t15-,16-/m0/s1. The highest BCUT2D eigenvalue weighted by atomic mass is 32.1. The van der Waals surface area contributed by atoms with Crippen molar-refractivity contribution in [3.8, 4) is 10.6 Å². The lowest BCUT2D eigenvalue weighted by molar-refractivity contribution is -0.123. The molecule has 0 saturated carbocycles. The number of thiazole rings is 1. The molecule has 0 aliphatic heterocycles. The molecular weight excluding hydrogens is 384 g/mol. The van der Waals surface area contributed by atoms with Crippen molar-refractivity contribution in [2.75, 3.05) is 5.32 Å². The quantitative estimate of drug-likeness (QED) is 0.524. The Morgan fingerprint density at radius 1 is 1.07 bits per heavy atom. The second-order valence-corrected chi connectivity index (χ2v) is 7.70. The number of anilines is 1. The SMILES string of the molecule is CC[C@H](C)c1ccccc1NC(=O)[C@H](C)OC(=O)c1csc(-c2ccccc2)n1. The minimum absolute atomic E-state index is 0.202. The molecule has 6 heteroatoms. The van der Waals surface area contributed by atoms with E-state index in [9.17, 15) is 9.59 Å². The van der Waals surface area contributed by atoms with Crippen LogP contribution in [0.4, 0.5) is 5.69 Å². The molecule has 3 rings (SSSR count). The number of hydrogen-bond donors (Lipinski definition) is 1. The third-order valence-corrected chi connectivity index (χ3v) is 5.64. The van der Waals surface area contributed by atoms with Gasteiger partial charge in [-0.3, -0.25) is 4.79 Å². The molecule has 2 atom stereocenters. The first kappa shape index (κ1) is 20.7. The highest BCUT2D eigenvalue weighted by molar-refractivity contribution is 7.13.